The second-order valence-electron chi connectivity index (χ2n) is 2.58. The molecule has 0 heterocycles. The monoisotopic (exact) mass is 242 g/mol. The number of rotatable bonds is 3. The first-order valence-electron chi connectivity index (χ1n) is 3.91. The largest absolute Gasteiger partial charge is 0.326 e. The van der Waals surface area contributed by atoms with Gasteiger partial charge in [-0.1, -0.05) is 28.1 Å². The molecule has 0 aliphatic rings. The molecule has 0 saturated heterocycles. The number of benzene rings is 1. The summed E-state index contributed by atoms with van der Waals surface area (Å²) in [7, 11) is 0. The number of anilines is 1. The van der Waals surface area contributed by atoms with Gasteiger partial charge in [-0.15, -0.1) is 0 Å². The number of nitrogens with two attached hydrogens (primary N) is 1. The Morgan fingerprint density at radius 3 is 2.46 bits per heavy atom. The van der Waals surface area contributed by atoms with Gasteiger partial charge in [0.1, 0.15) is 0 Å². The van der Waals surface area contributed by atoms with Crippen molar-refractivity contribution >= 4 is 27.5 Å². The SMILES string of the molecule is NCc1ccc(NC(=O)CBr)cc1. The first-order chi connectivity index (χ1) is 6.26. The normalized spacial score (nSPS) is 9.69. The maximum atomic E-state index is 11.0. The number of halogens is 1. The molecular formula is C9H11BrN2O. The topological polar surface area (TPSA) is 55.1 Å². The van der Waals surface area contributed by atoms with Crippen molar-refractivity contribution in [1.29, 1.82) is 0 Å². The number of nitrogens with one attached hydrogen (secondary N) is 1. The summed E-state index contributed by atoms with van der Waals surface area (Å²) in [5, 5.41) is 3.03. The maximum Gasteiger partial charge on any atom is 0.235 e. The molecule has 0 aliphatic carbocycles. The van der Waals surface area contributed by atoms with Crippen molar-refractivity contribution in [2.75, 3.05) is 10.6 Å². The van der Waals surface area contributed by atoms with E-state index in [1.807, 2.05) is 24.3 Å². The number of carbonyl (C=O) groups excluding carboxylic acids is 1. The molecule has 0 bridgehead atoms. The number of carbonyl (C=O) groups is 1. The fourth-order valence-electron chi connectivity index (χ4n) is 0.919. The number of hydrogen-bond acceptors (Lipinski definition) is 2. The standard InChI is InChI=1S/C9H11BrN2O/c10-5-9(13)12-8-3-1-7(6-11)2-4-8/h1-4H,5-6,11H2,(H,12,13). The van der Waals surface area contributed by atoms with E-state index in [0.29, 0.717) is 11.9 Å². The average Bonchev–Trinajstić information content (AvgIpc) is 2.19. The van der Waals surface area contributed by atoms with Crippen LogP contribution in [0.3, 0.4) is 0 Å². The van der Waals surface area contributed by atoms with Crippen LogP contribution in [0.4, 0.5) is 5.69 Å². The predicted octanol–water partition coefficient (Wildman–Crippen LogP) is 1.48. The summed E-state index contributed by atoms with van der Waals surface area (Å²) in [5.74, 6) is -0.0551. The molecule has 3 nitrogen and oxygen atoms in total. The van der Waals surface area contributed by atoms with E-state index in [1.165, 1.54) is 0 Å². The fraction of sp³-hybridized carbons (Fsp3) is 0.222. The second-order valence-corrected chi connectivity index (χ2v) is 3.14. The molecule has 0 aromatic heterocycles. The van der Waals surface area contributed by atoms with E-state index in [4.69, 9.17) is 5.73 Å². The lowest BCUT2D eigenvalue weighted by Gasteiger charge is -2.03. The number of alkyl halides is 1. The molecule has 0 radical (unpaired) electrons. The zero-order chi connectivity index (χ0) is 9.68. The van der Waals surface area contributed by atoms with E-state index in [1.54, 1.807) is 0 Å². The van der Waals surface area contributed by atoms with Crippen LogP contribution in [-0.2, 0) is 11.3 Å². The molecule has 1 aromatic carbocycles. The highest BCUT2D eigenvalue weighted by Crippen LogP contribution is 2.08. The Kier molecular flexibility index (Phi) is 3.92. The van der Waals surface area contributed by atoms with Gasteiger partial charge >= 0.3 is 0 Å². The predicted molar refractivity (Wildman–Crippen MR) is 56.8 cm³/mol. The van der Waals surface area contributed by atoms with Crippen LogP contribution in [0, 0.1) is 0 Å². The molecule has 1 rings (SSSR count). The average molecular weight is 243 g/mol. The van der Waals surface area contributed by atoms with Gasteiger partial charge in [0.05, 0.1) is 5.33 Å². The van der Waals surface area contributed by atoms with Crippen molar-refractivity contribution in [1.82, 2.24) is 0 Å². The van der Waals surface area contributed by atoms with E-state index in [-0.39, 0.29) is 5.91 Å². The van der Waals surface area contributed by atoms with Gasteiger partial charge in [0.2, 0.25) is 5.91 Å². The van der Waals surface area contributed by atoms with Crippen molar-refractivity contribution in [3.8, 4) is 0 Å². The van der Waals surface area contributed by atoms with Gasteiger partial charge in [-0.2, -0.15) is 0 Å². The highest BCUT2D eigenvalue weighted by molar-refractivity contribution is 9.09. The minimum Gasteiger partial charge on any atom is -0.326 e. The molecule has 1 amide bonds. The van der Waals surface area contributed by atoms with E-state index in [2.05, 4.69) is 21.2 Å². The smallest absolute Gasteiger partial charge is 0.235 e. The molecule has 0 spiro atoms. The summed E-state index contributed by atoms with van der Waals surface area (Å²) in [6.07, 6.45) is 0. The third-order valence-electron chi connectivity index (χ3n) is 1.59. The van der Waals surface area contributed by atoms with Crippen molar-refractivity contribution < 1.29 is 4.79 Å². The number of amides is 1. The molecule has 0 saturated carbocycles. The van der Waals surface area contributed by atoms with Gasteiger partial charge in [0, 0.05) is 12.2 Å². The highest BCUT2D eigenvalue weighted by Gasteiger charge is 1.98. The summed E-state index contributed by atoms with van der Waals surface area (Å²) < 4.78 is 0. The molecule has 0 aliphatic heterocycles. The van der Waals surface area contributed by atoms with Crippen LogP contribution in [0.15, 0.2) is 24.3 Å². The highest BCUT2D eigenvalue weighted by atomic mass is 79.9. The summed E-state index contributed by atoms with van der Waals surface area (Å²) in [4.78, 5) is 11.0. The van der Waals surface area contributed by atoms with Gasteiger partial charge < -0.3 is 11.1 Å². The van der Waals surface area contributed by atoms with Gasteiger partial charge in [-0.25, -0.2) is 0 Å². The fourth-order valence-corrected chi connectivity index (χ4v) is 1.06. The Balaban J connectivity index is 2.64. The van der Waals surface area contributed by atoms with E-state index in [0.717, 1.165) is 11.3 Å². The third kappa shape index (κ3) is 3.16. The maximum absolute atomic E-state index is 11.0. The van der Waals surface area contributed by atoms with E-state index >= 15 is 0 Å². The molecule has 3 N–H and O–H groups in total. The Bertz CT molecular complexity index is 284. The van der Waals surface area contributed by atoms with Gasteiger partial charge in [0.15, 0.2) is 0 Å². The molecule has 0 fully saturated rings. The van der Waals surface area contributed by atoms with Crippen molar-refractivity contribution in [3.63, 3.8) is 0 Å². The lowest BCUT2D eigenvalue weighted by molar-refractivity contribution is -0.113. The Labute approximate surface area is 85.4 Å². The van der Waals surface area contributed by atoms with Crippen LogP contribution >= 0.6 is 15.9 Å². The van der Waals surface area contributed by atoms with Crippen LogP contribution in [0.2, 0.25) is 0 Å². The zero-order valence-corrected chi connectivity index (χ0v) is 8.67. The number of hydrogen-bond donors (Lipinski definition) is 2. The van der Waals surface area contributed by atoms with Gasteiger partial charge in [0.25, 0.3) is 0 Å². The lowest BCUT2D eigenvalue weighted by atomic mass is 10.2. The van der Waals surface area contributed by atoms with Crippen LogP contribution in [0.25, 0.3) is 0 Å². The van der Waals surface area contributed by atoms with Crippen LogP contribution < -0.4 is 11.1 Å². The molecule has 70 valence electrons. The molecule has 0 unspecified atom stereocenters. The zero-order valence-electron chi connectivity index (χ0n) is 7.09. The van der Waals surface area contributed by atoms with Crippen LogP contribution in [0.1, 0.15) is 5.56 Å². The Hall–Kier alpha value is -0.870. The third-order valence-corrected chi connectivity index (χ3v) is 2.10. The molecule has 1 aromatic rings. The summed E-state index contributed by atoms with van der Waals surface area (Å²) in [6, 6.07) is 7.46. The van der Waals surface area contributed by atoms with Crippen LogP contribution in [0.5, 0.6) is 0 Å². The first kappa shape index (κ1) is 10.2. The molecular weight excluding hydrogens is 232 g/mol. The minimum atomic E-state index is -0.0551. The van der Waals surface area contributed by atoms with Crippen molar-refractivity contribution in [2.45, 2.75) is 6.54 Å². The summed E-state index contributed by atoms with van der Waals surface area (Å²) in [5.41, 5.74) is 7.28. The van der Waals surface area contributed by atoms with Crippen molar-refractivity contribution in [3.05, 3.63) is 29.8 Å². The Morgan fingerprint density at radius 1 is 1.38 bits per heavy atom. The minimum absolute atomic E-state index is 0.0551. The van der Waals surface area contributed by atoms with Gasteiger partial charge in [-0.05, 0) is 17.7 Å². The molecule has 13 heavy (non-hydrogen) atoms. The summed E-state index contributed by atoms with van der Waals surface area (Å²) in [6.45, 7) is 0.521. The van der Waals surface area contributed by atoms with Crippen LogP contribution in [-0.4, -0.2) is 11.2 Å². The van der Waals surface area contributed by atoms with E-state index in [9.17, 15) is 4.79 Å². The quantitative estimate of drug-likeness (QED) is 0.790. The molecule has 0 atom stereocenters. The summed E-state index contributed by atoms with van der Waals surface area (Å²) >= 11 is 3.07. The molecule has 4 heteroatoms. The van der Waals surface area contributed by atoms with Gasteiger partial charge in [-0.3, -0.25) is 4.79 Å². The Morgan fingerprint density at radius 2 is 2.00 bits per heavy atom. The second kappa shape index (κ2) is 4.99. The lowest BCUT2D eigenvalue weighted by Crippen LogP contribution is -2.12. The van der Waals surface area contributed by atoms with E-state index < -0.39 is 0 Å². The van der Waals surface area contributed by atoms with Crippen molar-refractivity contribution in [2.24, 2.45) is 5.73 Å². The first-order valence-corrected chi connectivity index (χ1v) is 5.03.